The maximum Gasteiger partial charge on any atom is 0.191 e. The van der Waals surface area contributed by atoms with E-state index in [9.17, 15) is 4.39 Å². The number of anilines is 1. The molecule has 158 valence electrons. The summed E-state index contributed by atoms with van der Waals surface area (Å²) in [6.45, 7) is 9.39. The van der Waals surface area contributed by atoms with Crippen LogP contribution in [0.5, 0.6) is 0 Å². The maximum absolute atomic E-state index is 14.6. The molecular formula is C20H30FN7O. The van der Waals surface area contributed by atoms with Crippen LogP contribution < -0.4 is 15.5 Å². The van der Waals surface area contributed by atoms with Crippen molar-refractivity contribution in [3.63, 3.8) is 0 Å². The van der Waals surface area contributed by atoms with Gasteiger partial charge in [0.2, 0.25) is 0 Å². The number of benzene rings is 1. The topological polar surface area (TPSA) is 79.6 Å². The lowest BCUT2D eigenvalue weighted by Crippen LogP contribution is -2.39. The number of morpholine rings is 1. The molecule has 1 aliphatic heterocycles. The molecular weight excluding hydrogens is 373 g/mol. The highest BCUT2D eigenvalue weighted by Crippen LogP contribution is 2.21. The molecule has 0 radical (unpaired) electrons. The number of halogens is 1. The van der Waals surface area contributed by atoms with E-state index in [1.807, 2.05) is 28.5 Å². The fraction of sp³-hybridized carbons (Fsp3) is 0.550. The molecule has 0 spiro atoms. The monoisotopic (exact) mass is 403 g/mol. The van der Waals surface area contributed by atoms with Crippen molar-refractivity contribution in [3.8, 4) is 0 Å². The van der Waals surface area contributed by atoms with Gasteiger partial charge >= 0.3 is 0 Å². The second-order valence-corrected chi connectivity index (χ2v) is 6.80. The Balaban J connectivity index is 1.57. The average molecular weight is 404 g/mol. The van der Waals surface area contributed by atoms with Crippen LogP contribution in [0.25, 0.3) is 0 Å². The number of guanidine groups is 1. The van der Waals surface area contributed by atoms with Gasteiger partial charge in [0.25, 0.3) is 0 Å². The molecule has 0 atom stereocenters. The minimum atomic E-state index is -0.211. The first kappa shape index (κ1) is 21.0. The summed E-state index contributed by atoms with van der Waals surface area (Å²) in [4.78, 5) is 6.60. The standard InChI is InChI=1S/C20H30FN7O/c1-3-19-26-25-15-28(19)8-7-23-20(22-4-2)24-14-16-5-6-18(17(21)13-16)27-9-11-29-12-10-27/h5-6,13,15H,3-4,7-12,14H2,1-2H3,(H2,22,23,24). The minimum absolute atomic E-state index is 0.211. The largest absolute Gasteiger partial charge is 0.378 e. The molecule has 0 bridgehead atoms. The van der Waals surface area contributed by atoms with E-state index in [2.05, 4.69) is 32.7 Å². The predicted molar refractivity (Wildman–Crippen MR) is 112 cm³/mol. The van der Waals surface area contributed by atoms with Crippen LogP contribution in [0.2, 0.25) is 0 Å². The zero-order valence-electron chi connectivity index (χ0n) is 17.2. The number of aryl methyl sites for hydroxylation is 1. The number of aromatic nitrogens is 3. The Morgan fingerprint density at radius 1 is 1.24 bits per heavy atom. The Kier molecular flexibility index (Phi) is 7.80. The Bertz CT molecular complexity index is 802. The molecule has 1 aromatic heterocycles. The molecule has 29 heavy (non-hydrogen) atoms. The van der Waals surface area contributed by atoms with Crippen LogP contribution in [-0.4, -0.2) is 60.1 Å². The Morgan fingerprint density at radius 2 is 2.07 bits per heavy atom. The van der Waals surface area contributed by atoms with Crippen molar-refractivity contribution in [2.24, 2.45) is 4.99 Å². The number of hydrogen-bond donors (Lipinski definition) is 2. The van der Waals surface area contributed by atoms with Crippen molar-refractivity contribution in [2.45, 2.75) is 33.4 Å². The van der Waals surface area contributed by atoms with E-state index >= 15 is 0 Å². The number of nitrogens with one attached hydrogen (secondary N) is 2. The van der Waals surface area contributed by atoms with Gasteiger partial charge in [0.1, 0.15) is 18.0 Å². The van der Waals surface area contributed by atoms with Crippen molar-refractivity contribution in [1.29, 1.82) is 0 Å². The van der Waals surface area contributed by atoms with E-state index in [0.29, 0.717) is 38.0 Å². The highest BCUT2D eigenvalue weighted by Gasteiger charge is 2.15. The summed E-state index contributed by atoms with van der Waals surface area (Å²) in [5, 5.41) is 14.6. The molecule has 2 N–H and O–H groups in total. The Hall–Kier alpha value is -2.68. The molecule has 0 aliphatic carbocycles. The van der Waals surface area contributed by atoms with E-state index < -0.39 is 0 Å². The lowest BCUT2D eigenvalue weighted by molar-refractivity contribution is 0.122. The third kappa shape index (κ3) is 5.90. The molecule has 2 heterocycles. The molecule has 0 saturated carbocycles. The van der Waals surface area contributed by atoms with Crippen molar-refractivity contribution >= 4 is 11.6 Å². The van der Waals surface area contributed by atoms with Crippen LogP contribution in [0.4, 0.5) is 10.1 Å². The predicted octanol–water partition coefficient (Wildman–Crippen LogP) is 1.57. The van der Waals surface area contributed by atoms with Gasteiger partial charge in [-0.15, -0.1) is 10.2 Å². The molecule has 1 aliphatic rings. The molecule has 8 nitrogen and oxygen atoms in total. The fourth-order valence-corrected chi connectivity index (χ4v) is 3.26. The first-order valence-corrected chi connectivity index (χ1v) is 10.2. The van der Waals surface area contributed by atoms with Gasteiger partial charge in [0.05, 0.1) is 25.4 Å². The number of rotatable bonds is 8. The first-order chi connectivity index (χ1) is 14.2. The van der Waals surface area contributed by atoms with E-state index in [-0.39, 0.29) is 5.82 Å². The molecule has 1 aromatic carbocycles. The fourth-order valence-electron chi connectivity index (χ4n) is 3.26. The zero-order chi connectivity index (χ0) is 20.5. The molecule has 9 heteroatoms. The normalized spacial score (nSPS) is 14.9. The maximum atomic E-state index is 14.6. The van der Waals surface area contributed by atoms with Crippen LogP contribution in [-0.2, 0) is 24.2 Å². The lowest BCUT2D eigenvalue weighted by atomic mass is 10.1. The summed E-state index contributed by atoms with van der Waals surface area (Å²) in [5.41, 5.74) is 1.47. The van der Waals surface area contributed by atoms with Crippen molar-refractivity contribution < 1.29 is 9.13 Å². The summed E-state index contributed by atoms with van der Waals surface area (Å²) in [5.74, 6) is 1.46. The van der Waals surface area contributed by atoms with Crippen LogP contribution in [0.1, 0.15) is 25.2 Å². The summed E-state index contributed by atoms with van der Waals surface area (Å²) in [6.07, 6.45) is 2.59. The molecule has 2 aromatic rings. The quantitative estimate of drug-likeness (QED) is 0.515. The summed E-state index contributed by atoms with van der Waals surface area (Å²) in [7, 11) is 0. The molecule has 1 saturated heterocycles. The van der Waals surface area contributed by atoms with Crippen LogP contribution in [0, 0.1) is 5.82 Å². The van der Waals surface area contributed by atoms with E-state index in [1.165, 1.54) is 0 Å². The second-order valence-electron chi connectivity index (χ2n) is 6.80. The lowest BCUT2D eigenvalue weighted by Gasteiger charge is -2.29. The molecule has 1 fully saturated rings. The average Bonchev–Trinajstić information content (AvgIpc) is 3.20. The highest BCUT2D eigenvalue weighted by atomic mass is 19.1. The SMILES string of the molecule is CCNC(=NCc1ccc(N2CCOCC2)c(F)c1)NCCn1cnnc1CC. The van der Waals surface area contributed by atoms with Crippen LogP contribution in [0.3, 0.4) is 0 Å². The molecule has 0 unspecified atom stereocenters. The van der Waals surface area contributed by atoms with Gasteiger partial charge in [0, 0.05) is 39.1 Å². The number of hydrogen-bond acceptors (Lipinski definition) is 5. The number of ether oxygens (including phenoxy) is 1. The first-order valence-electron chi connectivity index (χ1n) is 10.2. The van der Waals surface area contributed by atoms with Gasteiger partial charge < -0.3 is 24.8 Å². The van der Waals surface area contributed by atoms with Crippen LogP contribution in [0.15, 0.2) is 29.5 Å². The third-order valence-corrected chi connectivity index (χ3v) is 4.78. The van der Waals surface area contributed by atoms with Gasteiger partial charge in [-0.25, -0.2) is 9.38 Å². The molecule has 0 amide bonds. The van der Waals surface area contributed by atoms with E-state index in [0.717, 1.165) is 44.0 Å². The summed E-state index contributed by atoms with van der Waals surface area (Å²) >= 11 is 0. The Labute approximate surface area is 171 Å². The van der Waals surface area contributed by atoms with Gasteiger partial charge in [-0.05, 0) is 24.6 Å². The van der Waals surface area contributed by atoms with E-state index in [1.54, 1.807) is 12.4 Å². The minimum Gasteiger partial charge on any atom is -0.378 e. The number of aliphatic imine (C=N–C) groups is 1. The molecule has 3 rings (SSSR count). The zero-order valence-corrected chi connectivity index (χ0v) is 17.2. The number of nitrogens with zero attached hydrogens (tertiary/aromatic N) is 5. The van der Waals surface area contributed by atoms with E-state index in [4.69, 9.17) is 4.74 Å². The summed E-state index contributed by atoms with van der Waals surface area (Å²) < 4.78 is 21.9. The van der Waals surface area contributed by atoms with Gasteiger partial charge in [-0.2, -0.15) is 0 Å². The second kappa shape index (κ2) is 10.8. The van der Waals surface area contributed by atoms with Crippen molar-refractivity contribution in [2.75, 3.05) is 44.3 Å². The smallest absolute Gasteiger partial charge is 0.191 e. The van der Waals surface area contributed by atoms with Gasteiger partial charge in [0.15, 0.2) is 5.96 Å². The third-order valence-electron chi connectivity index (χ3n) is 4.78. The van der Waals surface area contributed by atoms with Crippen molar-refractivity contribution in [1.82, 2.24) is 25.4 Å². The van der Waals surface area contributed by atoms with Gasteiger partial charge in [-0.3, -0.25) is 0 Å². The summed E-state index contributed by atoms with van der Waals surface area (Å²) in [6, 6.07) is 5.35. The highest BCUT2D eigenvalue weighted by molar-refractivity contribution is 5.79. The Morgan fingerprint density at radius 3 is 2.79 bits per heavy atom. The van der Waals surface area contributed by atoms with Gasteiger partial charge in [-0.1, -0.05) is 13.0 Å². The van der Waals surface area contributed by atoms with Crippen LogP contribution >= 0.6 is 0 Å². The van der Waals surface area contributed by atoms with Crippen molar-refractivity contribution in [3.05, 3.63) is 41.7 Å².